The normalized spacial score (nSPS) is 10.2. The first-order chi connectivity index (χ1) is 8.52. The van der Waals surface area contributed by atoms with E-state index in [4.69, 9.17) is 22.9 Å². The molecule has 0 fully saturated rings. The number of carbonyl (C=O) groups is 1. The Balaban J connectivity index is 2.63. The van der Waals surface area contributed by atoms with E-state index < -0.39 is 0 Å². The molecule has 2 rings (SSSR count). The van der Waals surface area contributed by atoms with E-state index in [2.05, 4.69) is 0 Å². The van der Waals surface area contributed by atoms with Crippen molar-refractivity contribution in [2.75, 3.05) is 22.9 Å². The van der Waals surface area contributed by atoms with Crippen LogP contribution in [0, 0.1) is 0 Å². The van der Waals surface area contributed by atoms with Gasteiger partial charge in [0.1, 0.15) is 0 Å². The lowest BCUT2D eigenvalue weighted by Crippen LogP contribution is -2.13. The molecule has 0 heterocycles. The molecule has 0 aromatic heterocycles. The van der Waals surface area contributed by atoms with Crippen molar-refractivity contribution in [2.24, 2.45) is 0 Å². The molecule has 0 aliphatic carbocycles. The van der Waals surface area contributed by atoms with Gasteiger partial charge in [0.05, 0.1) is 11.1 Å². The average Bonchev–Trinajstić information content (AvgIpc) is 2.28. The highest BCUT2D eigenvalue weighted by Gasteiger charge is 2.19. The standard InChI is InChI=1S/C13H14N4O/c14-7-3-1-4-8(15)11(7)13(18)12-9(16)5-2-6-10(12)17/h1-6H,14-17H2. The van der Waals surface area contributed by atoms with E-state index in [-0.39, 0.29) is 16.9 Å². The average molecular weight is 242 g/mol. The molecule has 0 bridgehead atoms. The van der Waals surface area contributed by atoms with Crippen molar-refractivity contribution in [3.8, 4) is 0 Å². The molecule has 0 spiro atoms. The highest BCUT2D eigenvalue weighted by atomic mass is 16.1. The van der Waals surface area contributed by atoms with Crippen LogP contribution >= 0.6 is 0 Å². The summed E-state index contributed by atoms with van der Waals surface area (Å²) in [6.45, 7) is 0. The number of nitrogen functional groups attached to an aromatic ring is 4. The number of nitrogens with two attached hydrogens (primary N) is 4. The maximum atomic E-state index is 12.4. The Morgan fingerprint density at radius 1 is 0.667 bits per heavy atom. The molecule has 0 aliphatic rings. The molecule has 5 nitrogen and oxygen atoms in total. The van der Waals surface area contributed by atoms with Crippen molar-refractivity contribution >= 4 is 28.5 Å². The Bertz CT molecular complexity index is 528. The van der Waals surface area contributed by atoms with Crippen LogP contribution in [0.3, 0.4) is 0 Å². The van der Waals surface area contributed by atoms with Crippen LogP contribution in [0.4, 0.5) is 22.7 Å². The third-order valence-electron chi connectivity index (χ3n) is 2.71. The quantitative estimate of drug-likeness (QED) is 0.466. The van der Waals surface area contributed by atoms with Crippen LogP contribution in [0.5, 0.6) is 0 Å². The molecule has 5 heteroatoms. The van der Waals surface area contributed by atoms with Gasteiger partial charge < -0.3 is 22.9 Å². The van der Waals surface area contributed by atoms with Gasteiger partial charge in [0, 0.05) is 22.7 Å². The zero-order valence-corrected chi connectivity index (χ0v) is 9.68. The topological polar surface area (TPSA) is 121 Å². The zero-order valence-electron chi connectivity index (χ0n) is 9.68. The van der Waals surface area contributed by atoms with Gasteiger partial charge in [0.2, 0.25) is 5.78 Å². The predicted molar refractivity (Wildman–Crippen MR) is 74.0 cm³/mol. The van der Waals surface area contributed by atoms with Gasteiger partial charge >= 0.3 is 0 Å². The molecule has 0 saturated carbocycles. The van der Waals surface area contributed by atoms with E-state index in [1.807, 2.05) is 0 Å². The summed E-state index contributed by atoms with van der Waals surface area (Å²) >= 11 is 0. The zero-order chi connectivity index (χ0) is 13.3. The molecule has 8 N–H and O–H groups in total. The van der Waals surface area contributed by atoms with Crippen molar-refractivity contribution in [3.05, 3.63) is 47.5 Å². The summed E-state index contributed by atoms with van der Waals surface area (Å²) in [5.41, 5.74) is 24.8. The number of ketones is 1. The minimum Gasteiger partial charge on any atom is -0.398 e. The van der Waals surface area contributed by atoms with Crippen LogP contribution in [0.25, 0.3) is 0 Å². The van der Waals surface area contributed by atoms with Crippen LogP contribution in [0.2, 0.25) is 0 Å². The van der Waals surface area contributed by atoms with Gasteiger partial charge in [-0.3, -0.25) is 4.79 Å². The molecule has 0 saturated heterocycles. The molecule has 0 radical (unpaired) electrons. The van der Waals surface area contributed by atoms with Crippen LogP contribution in [-0.4, -0.2) is 5.78 Å². The van der Waals surface area contributed by atoms with Gasteiger partial charge in [-0.15, -0.1) is 0 Å². The van der Waals surface area contributed by atoms with E-state index in [0.29, 0.717) is 22.7 Å². The third kappa shape index (κ3) is 1.82. The highest BCUT2D eigenvalue weighted by molar-refractivity contribution is 6.20. The lowest BCUT2D eigenvalue weighted by Gasteiger charge is -2.11. The van der Waals surface area contributed by atoms with Gasteiger partial charge in [-0.2, -0.15) is 0 Å². The molecular formula is C13H14N4O. The smallest absolute Gasteiger partial charge is 0.201 e. The second-order valence-corrected chi connectivity index (χ2v) is 3.95. The molecule has 18 heavy (non-hydrogen) atoms. The van der Waals surface area contributed by atoms with Gasteiger partial charge in [-0.1, -0.05) is 12.1 Å². The Hall–Kier alpha value is -2.69. The summed E-state index contributed by atoms with van der Waals surface area (Å²) < 4.78 is 0. The molecule has 0 atom stereocenters. The maximum Gasteiger partial charge on any atom is 0.201 e. The number of hydrogen-bond donors (Lipinski definition) is 4. The van der Waals surface area contributed by atoms with E-state index in [1.165, 1.54) is 0 Å². The van der Waals surface area contributed by atoms with Crippen LogP contribution in [0.1, 0.15) is 15.9 Å². The molecular weight excluding hydrogens is 228 g/mol. The Morgan fingerprint density at radius 3 is 1.22 bits per heavy atom. The third-order valence-corrected chi connectivity index (χ3v) is 2.71. The number of anilines is 4. The Morgan fingerprint density at radius 2 is 0.944 bits per heavy atom. The lowest BCUT2D eigenvalue weighted by atomic mass is 9.97. The van der Waals surface area contributed by atoms with Crippen molar-refractivity contribution in [2.45, 2.75) is 0 Å². The first-order valence-corrected chi connectivity index (χ1v) is 5.35. The van der Waals surface area contributed by atoms with E-state index >= 15 is 0 Å². The number of benzene rings is 2. The van der Waals surface area contributed by atoms with Gasteiger partial charge in [-0.05, 0) is 24.3 Å². The minimum absolute atomic E-state index is 0.238. The van der Waals surface area contributed by atoms with Crippen LogP contribution < -0.4 is 22.9 Å². The fourth-order valence-corrected chi connectivity index (χ4v) is 1.83. The number of hydrogen-bond acceptors (Lipinski definition) is 5. The molecule has 0 amide bonds. The van der Waals surface area contributed by atoms with Gasteiger partial charge in [0.25, 0.3) is 0 Å². The SMILES string of the molecule is Nc1cccc(N)c1C(=O)c1c(N)cccc1N. The molecule has 0 unspecified atom stereocenters. The van der Waals surface area contributed by atoms with E-state index in [1.54, 1.807) is 36.4 Å². The molecule has 92 valence electrons. The Kier molecular flexibility index (Phi) is 2.81. The van der Waals surface area contributed by atoms with E-state index in [0.717, 1.165) is 0 Å². The summed E-state index contributed by atoms with van der Waals surface area (Å²) in [4.78, 5) is 12.4. The first-order valence-electron chi connectivity index (χ1n) is 5.35. The summed E-state index contributed by atoms with van der Waals surface area (Å²) in [6, 6.07) is 9.80. The lowest BCUT2D eigenvalue weighted by molar-refractivity contribution is 0.104. The number of carbonyl (C=O) groups excluding carboxylic acids is 1. The maximum absolute atomic E-state index is 12.4. The number of rotatable bonds is 2. The van der Waals surface area contributed by atoms with Gasteiger partial charge in [0.15, 0.2) is 0 Å². The first kappa shape index (κ1) is 11.8. The summed E-state index contributed by atoms with van der Waals surface area (Å²) in [7, 11) is 0. The molecule has 2 aromatic carbocycles. The van der Waals surface area contributed by atoms with Crippen LogP contribution in [0.15, 0.2) is 36.4 Å². The fourth-order valence-electron chi connectivity index (χ4n) is 1.83. The van der Waals surface area contributed by atoms with Crippen molar-refractivity contribution < 1.29 is 4.79 Å². The van der Waals surface area contributed by atoms with Gasteiger partial charge in [-0.25, -0.2) is 0 Å². The largest absolute Gasteiger partial charge is 0.398 e. The van der Waals surface area contributed by atoms with Crippen molar-refractivity contribution in [1.82, 2.24) is 0 Å². The minimum atomic E-state index is -0.360. The summed E-state index contributed by atoms with van der Waals surface area (Å²) in [5, 5.41) is 0. The van der Waals surface area contributed by atoms with Crippen molar-refractivity contribution in [3.63, 3.8) is 0 Å². The van der Waals surface area contributed by atoms with Crippen LogP contribution in [-0.2, 0) is 0 Å². The predicted octanol–water partition coefficient (Wildman–Crippen LogP) is 1.25. The molecule has 0 aliphatic heterocycles. The second-order valence-electron chi connectivity index (χ2n) is 3.95. The van der Waals surface area contributed by atoms with Crippen molar-refractivity contribution in [1.29, 1.82) is 0 Å². The summed E-state index contributed by atoms with van der Waals surface area (Å²) in [5.74, 6) is -0.360. The monoisotopic (exact) mass is 242 g/mol. The molecule has 2 aromatic rings. The second kappa shape index (κ2) is 4.29. The Labute approximate surface area is 104 Å². The fraction of sp³-hybridized carbons (Fsp3) is 0. The highest BCUT2D eigenvalue weighted by Crippen LogP contribution is 2.28. The van der Waals surface area contributed by atoms with E-state index in [9.17, 15) is 4.79 Å². The summed E-state index contributed by atoms with van der Waals surface area (Å²) in [6.07, 6.45) is 0.